The van der Waals surface area contributed by atoms with Gasteiger partial charge in [0.1, 0.15) is 35.6 Å². The van der Waals surface area contributed by atoms with Crippen LogP contribution in [-0.2, 0) is 35.2 Å². The summed E-state index contributed by atoms with van der Waals surface area (Å²) in [5.74, 6) is 0.161. The van der Waals surface area contributed by atoms with E-state index in [0.29, 0.717) is 17.5 Å². The fraction of sp³-hybridized carbons (Fsp3) is 0.478. The van der Waals surface area contributed by atoms with Crippen molar-refractivity contribution in [3.63, 3.8) is 0 Å². The molecule has 2 aromatic heterocycles. The summed E-state index contributed by atoms with van der Waals surface area (Å²) in [7, 11) is -4.57. The Hall–Kier alpha value is -2.79. The SMILES string of the molecule is C[C@@]1(O)[C@H](O)[C@@H](CO[P@@]2(=O)OCC[C@@H](c3cc(C(F)(F)F)cc(C(F)(F)F)c3)O2)O[C@H]1n1ccc2c(N)ncnc21. The molecule has 0 saturated carbocycles. The molecule has 4 heterocycles. The minimum atomic E-state index is -5.09. The van der Waals surface area contributed by atoms with E-state index in [2.05, 4.69) is 9.97 Å². The van der Waals surface area contributed by atoms with Gasteiger partial charge < -0.3 is 25.3 Å². The number of phosphoric acid groups is 1. The van der Waals surface area contributed by atoms with Crippen LogP contribution >= 0.6 is 7.82 Å². The van der Waals surface area contributed by atoms with Gasteiger partial charge in [-0.1, -0.05) is 0 Å². The van der Waals surface area contributed by atoms with Crippen LogP contribution in [-0.4, -0.2) is 55.8 Å². The molecule has 0 radical (unpaired) electrons. The van der Waals surface area contributed by atoms with Crippen molar-refractivity contribution in [1.82, 2.24) is 14.5 Å². The van der Waals surface area contributed by atoms with Crippen LogP contribution in [0.3, 0.4) is 0 Å². The Morgan fingerprint density at radius 2 is 1.83 bits per heavy atom. The van der Waals surface area contributed by atoms with E-state index in [4.69, 9.17) is 24.0 Å². The number of fused-ring (bicyclic) bond motifs is 1. The highest BCUT2D eigenvalue weighted by molar-refractivity contribution is 7.48. The molecule has 2 fully saturated rings. The van der Waals surface area contributed by atoms with Gasteiger partial charge in [0.2, 0.25) is 0 Å². The average Bonchev–Trinajstić information content (AvgIpc) is 3.41. The largest absolute Gasteiger partial charge is 0.475 e. The number of benzene rings is 1. The Morgan fingerprint density at radius 1 is 1.17 bits per heavy atom. The second-order valence-electron chi connectivity index (χ2n) is 9.71. The number of alkyl halides is 6. The van der Waals surface area contributed by atoms with Gasteiger partial charge in [-0.25, -0.2) is 14.5 Å². The molecular weight excluding hydrogens is 589 g/mol. The zero-order chi connectivity index (χ0) is 30.0. The van der Waals surface area contributed by atoms with Crippen molar-refractivity contribution in [2.75, 3.05) is 18.9 Å². The maximum absolute atomic E-state index is 13.3. The maximum Gasteiger partial charge on any atom is 0.475 e. The Bertz CT molecular complexity index is 1470. The van der Waals surface area contributed by atoms with Crippen LogP contribution in [0, 0.1) is 0 Å². The van der Waals surface area contributed by atoms with Gasteiger partial charge >= 0.3 is 20.2 Å². The van der Waals surface area contributed by atoms with E-state index in [1.165, 1.54) is 24.0 Å². The predicted octanol–water partition coefficient (Wildman–Crippen LogP) is 4.36. The first kappa shape index (κ1) is 29.7. The van der Waals surface area contributed by atoms with Crippen molar-refractivity contribution in [1.29, 1.82) is 0 Å². The van der Waals surface area contributed by atoms with Crippen LogP contribution in [0.4, 0.5) is 32.2 Å². The molecule has 41 heavy (non-hydrogen) atoms. The van der Waals surface area contributed by atoms with Crippen LogP contribution in [0.15, 0.2) is 36.8 Å². The fourth-order valence-electron chi connectivity index (χ4n) is 4.69. The zero-order valence-electron chi connectivity index (χ0n) is 21.0. The average molecular weight is 612 g/mol. The number of halogens is 6. The summed E-state index contributed by atoms with van der Waals surface area (Å²) in [4.78, 5) is 7.99. The smallest absolute Gasteiger partial charge is 0.387 e. The lowest BCUT2D eigenvalue weighted by atomic mass is 9.96. The molecule has 0 unspecified atom stereocenters. The number of aromatic nitrogens is 3. The molecule has 3 aromatic rings. The van der Waals surface area contributed by atoms with Gasteiger partial charge in [-0.2, -0.15) is 26.3 Å². The molecule has 0 spiro atoms. The lowest BCUT2D eigenvalue weighted by Gasteiger charge is -2.30. The second-order valence-corrected chi connectivity index (χ2v) is 11.3. The van der Waals surface area contributed by atoms with Crippen molar-refractivity contribution in [3.8, 4) is 0 Å². The van der Waals surface area contributed by atoms with E-state index >= 15 is 0 Å². The van der Waals surface area contributed by atoms with Crippen molar-refractivity contribution >= 4 is 24.7 Å². The minimum Gasteiger partial charge on any atom is -0.387 e. The number of aliphatic hydroxyl groups is 2. The second kappa shape index (κ2) is 10.2. The number of nitrogens with zero attached hydrogens (tertiary/aromatic N) is 3. The highest BCUT2D eigenvalue weighted by atomic mass is 31.2. The number of nitrogens with two attached hydrogens (primary N) is 1. The Labute approximate surface area is 227 Å². The first-order chi connectivity index (χ1) is 19.0. The Kier molecular flexibility index (Phi) is 7.38. The molecule has 0 aliphatic carbocycles. The summed E-state index contributed by atoms with van der Waals surface area (Å²) in [6, 6.07) is 2.48. The van der Waals surface area contributed by atoms with Gasteiger partial charge in [-0.05, 0) is 36.8 Å². The highest BCUT2D eigenvalue weighted by Crippen LogP contribution is 2.58. The van der Waals surface area contributed by atoms with Crippen molar-refractivity contribution in [2.45, 2.75) is 55.8 Å². The lowest BCUT2D eigenvalue weighted by Crippen LogP contribution is -2.44. The summed E-state index contributed by atoms with van der Waals surface area (Å²) in [6.45, 7) is 0.200. The third-order valence-corrected chi connectivity index (χ3v) is 8.29. The quantitative estimate of drug-likeness (QED) is 0.280. The van der Waals surface area contributed by atoms with Crippen molar-refractivity contribution in [3.05, 3.63) is 53.5 Å². The third-order valence-electron chi connectivity index (χ3n) is 6.81. The van der Waals surface area contributed by atoms with Gasteiger partial charge in [0.05, 0.1) is 35.8 Å². The number of anilines is 1. The Morgan fingerprint density at radius 3 is 2.46 bits per heavy atom. The van der Waals surface area contributed by atoms with Crippen molar-refractivity contribution in [2.24, 2.45) is 0 Å². The third kappa shape index (κ3) is 5.67. The number of hydrogen-bond acceptors (Lipinski definition) is 10. The van der Waals surface area contributed by atoms with Crippen LogP contribution in [0.25, 0.3) is 11.0 Å². The maximum atomic E-state index is 13.3. The van der Waals surface area contributed by atoms with Gasteiger partial charge in [-0.15, -0.1) is 0 Å². The van der Waals surface area contributed by atoms with E-state index < -0.39 is 73.6 Å². The zero-order valence-corrected chi connectivity index (χ0v) is 21.9. The fourth-order valence-corrected chi connectivity index (χ4v) is 6.09. The summed E-state index contributed by atoms with van der Waals surface area (Å²) in [5.41, 5.74) is 0.539. The molecule has 2 aliphatic heterocycles. The van der Waals surface area contributed by atoms with Crippen LogP contribution < -0.4 is 5.73 Å². The number of aliphatic hydroxyl groups excluding tert-OH is 1. The van der Waals surface area contributed by atoms with Crippen molar-refractivity contribution < 1.29 is 59.4 Å². The molecule has 0 bridgehead atoms. The summed E-state index contributed by atoms with van der Waals surface area (Å²) < 4.78 is 116. The number of nitrogen functional groups attached to an aromatic ring is 1. The number of hydrogen-bond donors (Lipinski definition) is 3. The standard InChI is InChI=1S/C23H23F6N4O7P/c1-21(35)17(34)16(39-20(21)33-4-2-14-18(30)31-10-32-19(14)33)9-38-41(36)37-5-3-15(40-41)11-6-12(22(24,25)26)8-13(7-11)23(27,28)29/h2,4,6-8,10,15-17,20,34-35H,3,5,9H2,1H3,(H2,30,31,32)/t15-,16+,17+,20+,21+,41+/m0/s1. The Balaban J connectivity index is 1.33. The van der Waals surface area contributed by atoms with E-state index in [1.807, 2.05) is 0 Å². The monoisotopic (exact) mass is 612 g/mol. The van der Waals surface area contributed by atoms with Crippen LogP contribution in [0.1, 0.15) is 42.4 Å². The molecule has 11 nitrogen and oxygen atoms in total. The molecule has 6 atom stereocenters. The van der Waals surface area contributed by atoms with Gasteiger partial charge in [0, 0.05) is 12.6 Å². The van der Waals surface area contributed by atoms with Crippen LogP contribution in [0.2, 0.25) is 0 Å². The normalized spacial score (nSPS) is 31.1. The van der Waals surface area contributed by atoms with E-state index in [-0.39, 0.29) is 30.6 Å². The van der Waals surface area contributed by atoms with E-state index in [1.54, 1.807) is 6.07 Å². The number of phosphoric ester groups is 1. The summed E-state index contributed by atoms with van der Waals surface area (Å²) >= 11 is 0. The lowest BCUT2D eigenvalue weighted by molar-refractivity contribution is -0.143. The first-order valence-electron chi connectivity index (χ1n) is 12.0. The van der Waals surface area contributed by atoms with Crippen LogP contribution in [0.5, 0.6) is 0 Å². The molecule has 18 heteroatoms. The van der Waals surface area contributed by atoms with Gasteiger partial charge in [0.25, 0.3) is 0 Å². The molecule has 2 aliphatic rings. The summed E-state index contributed by atoms with van der Waals surface area (Å²) in [6.07, 6.45) is -13.4. The topological polar surface area (TPSA) is 151 Å². The highest BCUT2D eigenvalue weighted by Gasteiger charge is 2.54. The van der Waals surface area contributed by atoms with E-state index in [9.17, 15) is 41.1 Å². The van der Waals surface area contributed by atoms with Gasteiger partial charge in [-0.3, -0.25) is 13.6 Å². The molecule has 0 amide bonds. The molecule has 2 saturated heterocycles. The molecule has 224 valence electrons. The summed E-state index contributed by atoms with van der Waals surface area (Å²) in [5, 5.41) is 22.2. The van der Waals surface area contributed by atoms with Gasteiger partial charge in [0.15, 0.2) is 6.23 Å². The molecule has 5 rings (SSSR count). The minimum absolute atomic E-state index is 0.0334. The molecular formula is C23H23F6N4O7P. The van der Waals surface area contributed by atoms with E-state index in [0.717, 1.165) is 0 Å². The molecule has 1 aromatic carbocycles. The predicted molar refractivity (Wildman–Crippen MR) is 127 cm³/mol. The number of ether oxygens (including phenoxy) is 1. The first-order valence-corrected chi connectivity index (χ1v) is 13.5. The molecule has 4 N–H and O–H groups in total. The number of rotatable bonds is 5.